The summed E-state index contributed by atoms with van der Waals surface area (Å²) in [5, 5.41) is 0.668. The molecule has 134 valence electrons. The molecule has 0 atom stereocenters. The number of nitrogens with zero attached hydrogens (tertiary/aromatic N) is 1. The van der Waals surface area contributed by atoms with Crippen molar-refractivity contribution in [1.82, 2.24) is 4.90 Å². The Morgan fingerprint density at radius 2 is 1.85 bits per heavy atom. The Bertz CT molecular complexity index is 928. The van der Waals surface area contributed by atoms with Crippen LogP contribution in [-0.4, -0.2) is 37.0 Å². The molecule has 1 aliphatic rings. The second-order valence-corrected chi connectivity index (χ2v) is 6.88. The molecule has 0 radical (unpaired) electrons. The Balaban J connectivity index is 1.45. The summed E-state index contributed by atoms with van der Waals surface area (Å²) in [5.41, 5.74) is 2.19. The van der Waals surface area contributed by atoms with Crippen LogP contribution in [0, 0.1) is 12.7 Å². The van der Waals surface area contributed by atoms with Crippen LogP contribution in [0.5, 0.6) is 0 Å². The van der Waals surface area contributed by atoms with Crippen LogP contribution in [0.25, 0.3) is 11.0 Å². The molecule has 1 aliphatic heterocycles. The number of halogens is 1. The van der Waals surface area contributed by atoms with Crippen molar-refractivity contribution in [2.45, 2.75) is 13.5 Å². The third kappa shape index (κ3) is 3.10. The average molecular weight is 353 g/mol. The van der Waals surface area contributed by atoms with Gasteiger partial charge in [0.2, 0.25) is 0 Å². The lowest BCUT2D eigenvalue weighted by atomic mass is 10.1. The number of carbonyl (C=O) groups is 1. The third-order valence-corrected chi connectivity index (χ3v) is 5.16. The predicted octanol–water partition coefficient (Wildman–Crippen LogP) is 2.42. The number of aryl methyl sites for hydroxylation is 1. The highest BCUT2D eigenvalue weighted by Crippen LogP contribution is 2.28. The van der Waals surface area contributed by atoms with Gasteiger partial charge in [0.25, 0.3) is 5.91 Å². The number of para-hydroxylation sites is 1. The van der Waals surface area contributed by atoms with Crippen molar-refractivity contribution in [3.63, 3.8) is 0 Å². The van der Waals surface area contributed by atoms with E-state index in [1.807, 2.05) is 17.9 Å². The van der Waals surface area contributed by atoms with E-state index in [-0.39, 0.29) is 17.3 Å². The normalized spacial score (nSPS) is 15.5. The summed E-state index contributed by atoms with van der Waals surface area (Å²) >= 11 is 0. The van der Waals surface area contributed by atoms with E-state index < -0.39 is 5.82 Å². The molecule has 0 spiro atoms. The highest BCUT2D eigenvalue weighted by molar-refractivity contribution is 5.99. The van der Waals surface area contributed by atoms with Crippen molar-refractivity contribution in [2.24, 2.45) is 0 Å². The minimum Gasteiger partial charge on any atom is -0.448 e. The van der Waals surface area contributed by atoms with Gasteiger partial charge in [-0.15, -0.1) is 0 Å². The lowest BCUT2D eigenvalue weighted by Gasteiger charge is -2.31. The second kappa shape index (κ2) is 6.92. The molecule has 1 N–H and O–H groups in total. The summed E-state index contributed by atoms with van der Waals surface area (Å²) in [5.74, 6) is -0.310. The zero-order chi connectivity index (χ0) is 18.1. The average Bonchev–Trinajstić information content (AvgIpc) is 3.01. The molecule has 0 aliphatic carbocycles. The highest BCUT2D eigenvalue weighted by atomic mass is 19.1. The molecule has 4 rings (SSSR count). The predicted molar refractivity (Wildman–Crippen MR) is 97.7 cm³/mol. The van der Waals surface area contributed by atoms with E-state index in [9.17, 15) is 9.18 Å². The number of nitrogens with one attached hydrogen (secondary N) is 1. The number of hydrogen-bond acceptors (Lipinski definition) is 2. The van der Waals surface area contributed by atoms with Gasteiger partial charge in [-0.1, -0.05) is 42.5 Å². The summed E-state index contributed by atoms with van der Waals surface area (Å²) in [7, 11) is 0. The molecule has 26 heavy (non-hydrogen) atoms. The smallest absolute Gasteiger partial charge is 0.290 e. The fourth-order valence-electron chi connectivity index (χ4n) is 3.64. The van der Waals surface area contributed by atoms with Gasteiger partial charge in [0, 0.05) is 16.5 Å². The van der Waals surface area contributed by atoms with E-state index in [2.05, 4.69) is 24.3 Å². The molecule has 0 bridgehead atoms. The summed E-state index contributed by atoms with van der Waals surface area (Å²) in [6.07, 6.45) is 0. The lowest BCUT2D eigenvalue weighted by Crippen LogP contribution is -3.13. The van der Waals surface area contributed by atoms with Gasteiger partial charge >= 0.3 is 0 Å². The van der Waals surface area contributed by atoms with Gasteiger partial charge in [-0.05, 0) is 13.0 Å². The molecule has 2 aromatic carbocycles. The lowest BCUT2D eigenvalue weighted by molar-refractivity contribution is -0.917. The number of carbonyl (C=O) groups excluding carboxylic acids is 1. The van der Waals surface area contributed by atoms with Gasteiger partial charge in [0.1, 0.15) is 6.54 Å². The first-order valence-corrected chi connectivity index (χ1v) is 8.98. The van der Waals surface area contributed by atoms with Crippen LogP contribution < -0.4 is 4.90 Å². The maximum Gasteiger partial charge on any atom is 0.290 e. The summed E-state index contributed by atoms with van der Waals surface area (Å²) in [6.45, 7) is 5.94. The number of quaternary nitrogens is 1. The van der Waals surface area contributed by atoms with E-state index >= 15 is 0 Å². The summed E-state index contributed by atoms with van der Waals surface area (Å²) < 4.78 is 19.5. The molecule has 3 aromatic rings. The van der Waals surface area contributed by atoms with E-state index in [0.717, 1.165) is 19.6 Å². The van der Waals surface area contributed by atoms with Crippen molar-refractivity contribution >= 4 is 16.9 Å². The molecule has 1 aromatic heterocycles. The SMILES string of the molecule is Cc1c(C(=O)N2CC[NH+](Cc3ccccc3)CC2)oc2c(F)cccc12. The number of furan rings is 1. The van der Waals surface area contributed by atoms with E-state index in [0.29, 0.717) is 24.0 Å². The maximum atomic E-state index is 13.9. The van der Waals surface area contributed by atoms with Gasteiger partial charge in [0.15, 0.2) is 17.2 Å². The van der Waals surface area contributed by atoms with Gasteiger partial charge in [-0.25, -0.2) is 4.39 Å². The van der Waals surface area contributed by atoms with Crippen LogP contribution in [0.3, 0.4) is 0 Å². The molecule has 1 fully saturated rings. The van der Waals surface area contributed by atoms with Crippen LogP contribution >= 0.6 is 0 Å². The van der Waals surface area contributed by atoms with Gasteiger partial charge in [-0.3, -0.25) is 4.79 Å². The monoisotopic (exact) mass is 353 g/mol. The maximum absolute atomic E-state index is 13.9. The third-order valence-electron chi connectivity index (χ3n) is 5.16. The number of benzene rings is 2. The molecule has 0 unspecified atom stereocenters. The van der Waals surface area contributed by atoms with Crippen LogP contribution in [-0.2, 0) is 6.54 Å². The van der Waals surface area contributed by atoms with Crippen LogP contribution in [0.2, 0.25) is 0 Å². The van der Waals surface area contributed by atoms with Crippen molar-refractivity contribution in [3.05, 3.63) is 71.2 Å². The number of amides is 1. The first-order chi connectivity index (χ1) is 12.6. The number of fused-ring (bicyclic) bond motifs is 1. The fourth-order valence-corrected chi connectivity index (χ4v) is 3.64. The minimum absolute atomic E-state index is 0.142. The quantitative estimate of drug-likeness (QED) is 0.785. The van der Waals surface area contributed by atoms with Crippen molar-refractivity contribution in [3.8, 4) is 0 Å². The second-order valence-electron chi connectivity index (χ2n) is 6.88. The van der Waals surface area contributed by atoms with Gasteiger partial charge in [0.05, 0.1) is 26.2 Å². The molecule has 5 heteroatoms. The molecule has 4 nitrogen and oxygen atoms in total. The Hall–Kier alpha value is -2.66. The first kappa shape index (κ1) is 16.8. The summed E-state index contributed by atoms with van der Waals surface area (Å²) in [6, 6.07) is 15.2. The summed E-state index contributed by atoms with van der Waals surface area (Å²) in [4.78, 5) is 16.1. The molecule has 2 heterocycles. The zero-order valence-corrected chi connectivity index (χ0v) is 14.8. The van der Waals surface area contributed by atoms with E-state index in [1.54, 1.807) is 12.1 Å². The highest BCUT2D eigenvalue weighted by Gasteiger charge is 2.28. The van der Waals surface area contributed by atoms with E-state index in [4.69, 9.17) is 4.42 Å². The minimum atomic E-state index is -0.429. The fraction of sp³-hybridized carbons (Fsp3) is 0.286. The van der Waals surface area contributed by atoms with Crippen LogP contribution in [0.4, 0.5) is 4.39 Å². The zero-order valence-electron chi connectivity index (χ0n) is 14.8. The molecule has 1 amide bonds. The molecule has 1 saturated heterocycles. The Labute approximate surface area is 151 Å². The van der Waals surface area contributed by atoms with E-state index in [1.165, 1.54) is 16.5 Å². The Morgan fingerprint density at radius 3 is 2.54 bits per heavy atom. The van der Waals surface area contributed by atoms with Crippen LogP contribution in [0.15, 0.2) is 52.9 Å². The van der Waals surface area contributed by atoms with Gasteiger partial charge in [-0.2, -0.15) is 0 Å². The number of hydrogen-bond donors (Lipinski definition) is 1. The molecular formula is C21H22FN2O2+. The topological polar surface area (TPSA) is 37.9 Å². The largest absolute Gasteiger partial charge is 0.448 e. The van der Waals surface area contributed by atoms with Crippen LogP contribution in [0.1, 0.15) is 21.7 Å². The number of piperazine rings is 1. The number of rotatable bonds is 3. The van der Waals surface area contributed by atoms with Gasteiger partial charge < -0.3 is 14.2 Å². The molecular weight excluding hydrogens is 331 g/mol. The first-order valence-electron chi connectivity index (χ1n) is 8.98. The molecule has 0 saturated carbocycles. The Kier molecular flexibility index (Phi) is 4.47. The standard InChI is InChI=1S/C21H21FN2O2/c1-15-17-8-5-9-18(22)20(17)26-19(15)21(25)24-12-10-23(11-13-24)14-16-6-3-2-4-7-16/h2-9H,10-14H2,1H3/p+1. The van der Waals surface area contributed by atoms with Crippen molar-refractivity contribution in [1.29, 1.82) is 0 Å². The van der Waals surface area contributed by atoms with Crippen molar-refractivity contribution < 1.29 is 18.5 Å². The Morgan fingerprint density at radius 1 is 1.12 bits per heavy atom. The van der Waals surface area contributed by atoms with Crippen molar-refractivity contribution in [2.75, 3.05) is 26.2 Å².